The highest BCUT2D eigenvalue weighted by atomic mass is 15.2. The van der Waals surface area contributed by atoms with E-state index in [9.17, 15) is 0 Å². The Bertz CT molecular complexity index is 595. The van der Waals surface area contributed by atoms with Gasteiger partial charge in [0.05, 0.1) is 11.4 Å². The standard InChI is InChI=1S/C17H26N4/c1-5-7-8-10-21(9-6-2)17-11-15-13(3)19-20-14(4)16(15)12-18-17/h11-12H,5-10H2,1-4H3. The monoisotopic (exact) mass is 286 g/mol. The van der Waals surface area contributed by atoms with E-state index < -0.39 is 0 Å². The van der Waals surface area contributed by atoms with Crippen molar-refractivity contribution in [2.75, 3.05) is 18.0 Å². The molecule has 0 unspecified atom stereocenters. The number of unbranched alkanes of at least 4 members (excludes halogenated alkanes) is 2. The second-order valence-electron chi connectivity index (χ2n) is 5.65. The lowest BCUT2D eigenvalue weighted by atomic mass is 10.1. The van der Waals surface area contributed by atoms with Crippen LogP contribution in [0.15, 0.2) is 12.3 Å². The third-order valence-corrected chi connectivity index (χ3v) is 3.87. The maximum atomic E-state index is 4.66. The Morgan fingerprint density at radius 2 is 1.62 bits per heavy atom. The number of rotatable bonds is 7. The van der Waals surface area contributed by atoms with E-state index in [1.165, 1.54) is 24.6 Å². The molecule has 0 fully saturated rings. The van der Waals surface area contributed by atoms with E-state index in [0.717, 1.165) is 42.1 Å². The van der Waals surface area contributed by atoms with Crippen LogP contribution in [0.25, 0.3) is 10.8 Å². The second-order valence-corrected chi connectivity index (χ2v) is 5.65. The zero-order chi connectivity index (χ0) is 15.2. The molecule has 2 aromatic rings. The average molecular weight is 286 g/mol. The molecule has 2 heterocycles. The third kappa shape index (κ3) is 3.69. The lowest BCUT2D eigenvalue weighted by Gasteiger charge is -2.23. The van der Waals surface area contributed by atoms with E-state index in [-0.39, 0.29) is 0 Å². The zero-order valence-electron chi connectivity index (χ0n) is 13.7. The summed E-state index contributed by atoms with van der Waals surface area (Å²) in [7, 11) is 0. The van der Waals surface area contributed by atoms with Crippen LogP contribution in [0.2, 0.25) is 0 Å². The summed E-state index contributed by atoms with van der Waals surface area (Å²) in [5.74, 6) is 1.07. The van der Waals surface area contributed by atoms with Crippen molar-refractivity contribution in [1.29, 1.82) is 0 Å². The summed E-state index contributed by atoms with van der Waals surface area (Å²) in [5.41, 5.74) is 1.92. The van der Waals surface area contributed by atoms with Crippen molar-refractivity contribution in [3.05, 3.63) is 23.7 Å². The van der Waals surface area contributed by atoms with Crippen molar-refractivity contribution < 1.29 is 0 Å². The number of pyridine rings is 1. The zero-order valence-corrected chi connectivity index (χ0v) is 13.7. The van der Waals surface area contributed by atoms with E-state index in [1.807, 2.05) is 20.0 Å². The molecule has 21 heavy (non-hydrogen) atoms. The van der Waals surface area contributed by atoms with Crippen molar-refractivity contribution >= 4 is 16.6 Å². The van der Waals surface area contributed by atoms with E-state index in [0.29, 0.717) is 0 Å². The first-order valence-corrected chi connectivity index (χ1v) is 8.02. The van der Waals surface area contributed by atoms with Gasteiger partial charge in [-0.3, -0.25) is 0 Å². The van der Waals surface area contributed by atoms with E-state index in [4.69, 9.17) is 0 Å². The molecule has 0 amide bonds. The van der Waals surface area contributed by atoms with E-state index in [2.05, 4.69) is 40.0 Å². The Morgan fingerprint density at radius 3 is 2.29 bits per heavy atom. The van der Waals surface area contributed by atoms with Gasteiger partial charge in [0.1, 0.15) is 5.82 Å². The number of hydrogen-bond donors (Lipinski definition) is 0. The van der Waals surface area contributed by atoms with Crippen molar-refractivity contribution in [2.24, 2.45) is 0 Å². The Hall–Kier alpha value is -1.71. The molecule has 2 aromatic heterocycles. The van der Waals surface area contributed by atoms with Crippen molar-refractivity contribution in [1.82, 2.24) is 15.2 Å². The summed E-state index contributed by atoms with van der Waals surface area (Å²) in [6.07, 6.45) is 6.84. The smallest absolute Gasteiger partial charge is 0.129 e. The van der Waals surface area contributed by atoms with Gasteiger partial charge < -0.3 is 4.90 Å². The van der Waals surface area contributed by atoms with Crippen LogP contribution < -0.4 is 4.90 Å². The highest BCUT2D eigenvalue weighted by molar-refractivity contribution is 5.87. The quantitative estimate of drug-likeness (QED) is 0.720. The van der Waals surface area contributed by atoms with Crippen molar-refractivity contribution in [2.45, 2.75) is 53.4 Å². The summed E-state index contributed by atoms with van der Waals surface area (Å²) >= 11 is 0. The normalized spacial score (nSPS) is 11.0. The van der Waals surface area contributed by atoms with Crippen LogP contribution in [0, 0.1) is 13.8 Å². The summed E-state index contributed by atoms with van der Waals surface area (Å²) in [6.45, 7) is 10.6. The number of aromatic nitrogens is 3. The molecule has 0 aromatic carbocycles. The first kappa shape index (κ1) is 15.7. The van der Waals surface area contributed by atoms with Crippen molar-refractivity contribution in [3.63, 3.8) is 0 Å². The molecule has 0 aliphatic carbocycles. The Kier molecular flexibility index (Phi) is 5.48. The Labute approximate surface area is 127 Å². The van der Waals surface area contributed by atoms with Gasteiger partial charge in [-0.1, -0.05) is 26.7 Å². The molecule has 0 aliphatic heterocycles. The maximum absolute atomic E-state index is 4.66. The number of hydrogen-bond acceptors (Lipinski definition) is 4. The van der Waals surface area contributed by atoms with Crippen LogP contribution >= 0.6 is 0 Å². The highest BCUT2D eigenvalue weighted by Gasteiger charge is 2.10. The lowest BCUT2D eigenvalue weighted by Crippen LogP contribution is -2.26. The van der Waals surface area contributed by atoms with Crippen LogP contribution in [0.3, 0.4) is 0 Å². The van der Waals surface area contributed by atoms with Gasteiger partial charge in [0, 0.05) is 30.1 Å². The third-order valence-electron chi connectivity index (χ3n) is 3.87. The Morgan fingerprint density at radius 1 is 0.905 bits per heavy atom. The summed E-state index contributed by atoms with van der Waals surface area (Å²) in [5, 5.41) is 10.7. The minimum atomic E-state index is 0.947. The molecule has 4 nitrogen and oxygen atoms in total. The topological polar surface area (TPSA) is 41.9 Å². The number of fused-ring (bicyclic) bond motifs is 1. The summed E-state index contributed by atoms with van der Waals surface area (Å²) < 4.78 is 0. The van der Waals surface area contributed by atoms with Gasteiger partial charge >= 0.3 is 0 Å². The average Bonchev–Trinajstić information content (AvgIpc) is 2.50. The van der Waals surface area contributed by atoms with Gasteiger partial charge in [-0.05, 0) is 32.8 Å². The molecule has 114 valence electrons. The molecule has 0 spiro atoms. The molecule has 0 aliphatic rings. The number of anilines is 1. The fourth-order valence-corrected chi connectivity index (χ4v) is 2.63. The van der Waals surface area contributed by atoms with Gasteiger partial charge in [0.25, 0.3) is 0 Å². The van der Waals surface area contributed by atoms with E-state index >= 15 is 0 Å². The van der Waals surface area contributed by atoms with Crippen LogP contribution in [0.4, 0.5) is 5.82 Å². The first-order chi connectivity index (χ1) is 10.2. The molecule has 0 radical (unpaired) electrons. The largest absolute Gasteiger partial charge is 0.357 e. The van der Waals surface area contributed by atoms with E-state index in [1.54, 1.807) is 0 Å². The molecular weight excluding hydrogens is 260 g/mol. The highest BCUT2D eigenvalue weighted by Crippen LogP contribution is 2.23. The maximum Gasteiger partial charge on any atom is 0.129 e. The SMILES string of the molecule is CCCCCN(CCC)c1cc2c(C)nnc(C)c2cn1. The van der Waals surface area contributed by atoms with Gasteiger partial charge in [0.15, 0.2) is 0 Å². The predicted molar refractivity (Wildman–Crippen MR) is 88.8 cm³/mol. The Balaban J connectivity index is 2.32. The number of aryl methyl sites for hydroxylation is 2. The van der Waals surface area contributed by atoms with Crippen LogP contribution in [0.5, 0.6) is 0 Å². The van der Waals surface area contributed by atoms with Crippen LogP contribution in [-0.2, 0) is 0 Å². The minimum Gasteiger partial charge on any atom is -0.357 e. The van der Waals surface area contributed by atoms with Crippen molar-refractivity contribution in [3.8, 4) is 0 Å². The first-order valence-electron chi connectivity index (χ1n) is 8.02. The molecular formula is C17H26N4. The van der Waals surface area contributed by atoms with Gasteiger partial charge in [-0.25, -0.2) is 4.98 Å². The second kappa shape index (κ2) is 7.34. The fraction of sp³-hybridized carbons (Fsp3) is 0.588. The predicted octanol–water partition coefficient (Wildman–Crippen LogP) is 4.05. The minimum absolute atomic E-state index is 0.947. The molecule has 0 bridgehead atoms. The molecule has 0 atom stereocenters. The molecule has 0 N–H and O–H groups in total. The van der Waals surface area contributed by atoms with Gasteiger partial charge in [-0.15, -0.1) is 0 Å². The molecule has 0 saturated carbocycles. The van der Waals surface area contributed by atoms with Gasteiger partial charge in [-0.2, -0.15) is 10.2 Å². The molecule has 2 rings (SSSR count). The summed E-state index contributed by atoms with van der Waals surface area (Å²) in [4.78, 5) is 7.06. The fourth-order valence-electron chi connectivity index (χ4n) is 2.63. The van der Waals surface area contributed by atoms with Crippen LogP contribution in [-0.4, -0.2) is 28.3 Å². The molecule has 4 heteroatoms. The van der Waals surface area contributed by atoms with Crippen LogP contribution in [0.1, 0.15) is 50.9 Å². The molecule has 0 saturated heterocycles. The lowest BCUT2D eigenvalue weighted by molar-refractivity contribution is 0.664. The number of nitrogens with zero attached hydrogens (tertiary/aromatic N) is 4. The summed E-state index contributed by atoms with van der Waals surface area (Å²) in [6, 6.07) is 2.17. The van der Waals surface area contributed by atoms with Gasteiger partial charge in [0.2, 0.25) is 0 Å².